The minimum absolute atomic E-state index is 0.596. The van der Waals surface area contributed by atoms with Crippen molar-refractivity contribution in [1.29, 1.82) is 0 Å². The molecule has 0 atom stereocenters. The van der Waals surface area contributed by atoms with E-state index in [0.29, 0.717) is 11.1 Å². The maximum absolute atomic E-state index is 5.78. The van der Waals surface area contributed by atoms with E-state index < -0.39 is 0 Å². The second-order valence-corrected chi connectivity index (χ2v) is 6.20. The molecular formula is C15H15N3OS. The molecule has 0 bridgehead atoms. The molecular weight excluding hydrogens is 270 g/mol. The minimum Gasteiger partial charge on any atom is -0.411 e. The van der Waals surface area contributed by atoms with Crippen molar-refractivity contribution >= 4 is 22.7 Å². The molecule has 1 N–H and O–H groups in total. The monoisotopic (exact) mass is 285 g/mol. The standard InChI is InChI=1S/C15H15N3OS/c1-2-7-13-11(6-1)12(8-16-13)14-17-18-15(19-14)20-9-10-4-3-5-10/h1-2,6-8,10,16H,3-5,9H2. The fourth-order valence-electron chi connectivity index (χ4n) is 2.47. The fraction of sp³-hybridized carbons (Fsp3) is 0.333. The van der Waals surface area contributed by atoms with Gasteiger partial charge in [0.25, 0.3) is 11.1 Å². The number of para-hydroxylation sites is 1. The van der Waals surface area contributed by atoms with Crippen LogP contribution >= 0.6 is 11.8 Å². The van der Waals surface area contributed by atoms with Crippen LogP contribution in [0.1, 0.15) is 19.3 Å². The molecule has 3 aromatic rings. The molecule has 0 amide bonds. The van der Waals surface area contributed by atoms with Gasteiger partial charge in [0.05, 0.1) is 5.56 Å². The van der Waals surface area contributed by atoms with E-state index in [4.69, 9.17) is 4.42 Å². The topological polar surface area (TPSA) is 54.7 Å². The molecule has 1 aliphatic rings. The zero-order valence-electron chi connectivity index (χ0n) is 11.0. The highest BCUT2D eigenvalue weighted by atomic mass is 32.2. The number of hydrogen-bond donors (Lipinski definition) is 1. The molecule has 20 heavy (non-hydrogen) atoms. The third-order valence-electron chi connectivity index (χ3n) is 3.89. The van der Waals surface area contributed by atoms with Crippen molar-refractivity contribution in [1.82, 2.24) is 15.2 Å². The number of thioether (sulfide) groups is 1. The normalized spacial score (nSPS) is 15.6. The summed E-state index contributed by atoms with van der Waals surface area (Å²) >= 11 is 1.68. The fourth-order valence-corrected chi connectivity index (χ4v) is 3.42. The summed E-state index contributed by atoms with van der Waals surface area (Å²) in [7, 11) is 0. The lowest BCUT2D eigenvalue weighted by Crippen LogP contribution is -2.13. The number of aromatic amines is 1. The van der Waals surface area contributed by atoms with Gasteiger partial charge in [-0.1, -0.05) is 36.4 Å². The molecule has 1 fully saturated rings. The van der Waals surface area contributed by atoms with Gasteiger partial charge >= 0.3 is 0 Å². The first-order valence-electron chi connectivity index (χ1n) is 6.93. The molecule has 102 valence electrons. The Labute approximate surface area is 121 Å². The smallest absolute Gasteiger partial charge is 0.276 e. The molecule has 5 heteroatoms. The molecule has 0 radical (unpaired) electrons. The first-order valence-corrected chi connectivity index (χ1v) is 7.91. The molecule has 0 unspecified atom stereocenters. The van der Waals surface area contributed by atoms with Gasteiger partial charge < -0.3 is 9.40 Å². The second-order valence-electron chi connectivity index (χ2n) is 5.23. The molecule has 0 aliphatic heterocycles. The van der Waals surface area contributed by atoms with E-state index in [1.807, 2.05) is 24.4 Å². The number of nitrogens with zero attached hydrogens (tertiary/aromatic N) is 2. The van der Waals surface area contributed by atoms with Crippen molar-refractivity contribution in [3.8, 4) is 11.5 Å². The zero-order valence-corrected chi connectivity index (χ0v) is 11.8. The third-order valence-corrected chi connectivity index (χ3v) is 4.94. The summed E-state index contributed by atoms with van der Waals surface area (Å²) in [5.41, 5.74) is 2.06. The van der Waals surface area contributed by atoms with Gasteiger partial charge in [-0.15, -0.1) is 10.2 Å². The zero-order chi connectivity index (χ0) is 13.4. The first-order chi connectivity index (χ1) is 9.90. The molecule has 0 spiro atoms. The molecule has 4 rings (SSSR count). The highest BCUT2D eigenvalue weighted by Gasteiger charge is 2.19. The Morgan fingerprint density at radius 3 is 3.00 bits per heavy atom. The predicted molar refractivity (Wildman–Crippen MR) is 79.7 cm³/mol. The number of aromatic nitrogens is 3. The van der Waals surface area contributed by atoms with Crippen LogP contribution in [0.5, 0.6) is 0 Å². The Bertz CT molecular complexity index is 729. The summed E-state index contributed by atoms with van der Waals surface area (Å²) in [5.74, 6) is 2.53. The number of hydrogen-bond acceptors (Lipinski definition) is 4. The number of benzene rings is 1. The van der Waals surface area contributed by atoms with Crippen molar-refractivity contribution in [3.63, 3.8) is 0 Å². The molecule has 4 nitrogen and oxygen atoms in total. The lowest BCUT2D eigenvalue weighted by Gasteiger charge is -2.23. The van der Waals surface area contributed by atoms with Crippen LogP contribution in [-0.2, 0) is 0 Å². The number of rotatable bonds is 4. The summed E-state index contributed by atoms with van der Waals surface area (Å²) in [6.07, 6.45) is 5.99. The van der Waals surface area contributed by atoms with E-state index in [0.717, 1.165) is 28.1 Å². The Balaban J connectivity index is 1.57. The molecule has 0 saturated heterocycles. The third kappa shape index (κ3) is 2.12. The van der Waals surface area contributed by atoms with E-state index >= 15 is 0 Å². The summed E-state index contributed by atoms with van der Waals surface area (Å²) < 4.78 is 5.78. The van der Waals surface area contributed by atoms with Crippen LogP contribution in [0.4, 0.5) is 0 Å². The van der Waals surface area contributed by atoms with E-state index in [9.17, 15) is 0 Å². The summed E-state index contributed by atoms with van der Waals surface area (Å²) in [4.78, 5) is 3.23. The van der Waals surface area contributed by atoms with Crippen LogP contribution in [0, 0.1) is 5.92 Å². The molecule has 1 aromatic carbocycles. The van der Waals surface area contributed by atoms with Gasteiger partial charge in [-0.3, -0.25) is 0 Å². The lowest BCUT2D eigenvalue weighted by atomic mass is 9.87. The molecule has 1 aliphatic carbocycles. The van der Waals surface area contributed by atoms with Crippen LogP contribution in [0.15, 0.2) is 40.1 Å². The van der Waals surface area contributed by atoms with Gasteiger partial charge in [-0.05, 0) is 24.8 Å². The quantitative estimate of drug-likeness (QED) is 0.733. The van der Waals surface area contributed by atoms with Crippen molar-refractivity contribution in [2.45, 2.75) is 24.5 Å². The van der Waals surface area contributed by atoms with Gasteiger partial charge in [0.15, 0.2) is 0 Å². The average molecular weight is 285 g/mol. The Morgan fingerprint density at radius 1 is 1.25 bits per heavy atom. The number of H-pyrrole nitrogens is 1. The van der Waals surface area contributed by atoms with Gasteiger partial charge in [-0.25, -0.2) is 0 Å². The van der Waals surface area contributed by atoms with Crippen molar-refractivity contribution in [2.75, 3.05) is 5.75 Å². The largest absolute Gasteiger partial charge is 0.411 e. The van der Waals surface area contributed by atoms with E-state index in [1.54, 1.807) is 11.8 Å². The Kier molecular flexibility index (Phi) is 2.99. The van der Waals surface area contributed by atoms with E-state index in [-0.39, 0.29) is 0 Å². The predicted octanol–water partition coefficient (Wildman–Crippen LogP) is 4.11. The van der Waals surface area contributed by atoms with Gasteiger partial charge in [-0.2, -0.15) is 0 Å². The summed E-state index contributed by atoms with van der Waals surface area (Å²) in [5, 5.41) is 10.1. The number of nitrogens with one attached hydrogen (secondary N) is 1. The van der Waals surface area contributed by atoms with E-state index in [2.05, 4.69) is 21.2 Å². The lowest BCUT2D eigenvalue weighted by molar-refractivity contribution is 0.351. The highest BCUT2D eigenvalue weighted by Crippen LogP contribution is 2.34. The Morgan fingerprint density at radius 2 is 2.15 bits per heavy atom. The first kappa shape index (κ1) is 12.0. The summed E-state index contributed by atoms with van der Waals surface area (Å²) in [6.45, 7) is 0. The SMILES string of the molecule is c1ccc2c(-c3nnc(SCC4CCC4)o3)c[nH]c2c1. The van der Waals surface area contributed by atoms with Crippen LogP contribution in [0.2, 0.25) is 0 Å². The summed E-state index contributed by atoms with van der Waals surface area (Å²) in [6, 6.07) is 8.13. The Hall–Kier alpha value is -1.75. The van der Waals surface area contributed by atoms with Crippen LogP contribution in [0.3, 0.4) is 0 Å². The van der Waals surface area contributed by atoms with Gasteiger partial charge in [0.2, 0.25) is 0 Å². The number of fused-ring (bicyclic) bond motifs is 1. The minimum atomic E-state index is 0.596. The van der Waals surface area contributed by atoms with Gasteiger partial charge in [0, 0.05) is 22.9 Å². The second kappa shape index (κ2) is 4.98. The van der Waals surface area contributed by atoms with Gasteiger partial charge in [0.1, 0.15) is 0 Å². The van der Waals surface area contributed by atoms with Crippen molar-refractivity contribution < 1.29 is 4.42 Å². The van der Waals surface area contributed by atoms with Crippen LogP contribution in [-0.4, -0.2) is 20.9 Å². The molecule has 2 heterocycles. The van der Waals surface area contributed by atoms with E-state index in [1.165, 1.54) is 19.3 Å². The van der Waals surface area contributed by atoms with Crippen molar-refractivity contribution in [3.05, 3.63) is 30.5 Å². The maximum atomic E-state index is 5.78. The van der Waals surface area contributed by atoms with Crippen molar-refractivity contribution in [2.24, 2.45) is 5.92 Å². The molecule has 1 saturated carbocycles. The van der Waals surface area contributed by atoms with Crippen LogP contribution in [0.25, 0.3) is 22.4 Å². The maximum Gasteiger partial charge on any atom is 0.276 e. The molecule has 2 aromatic heterocycles. The van der Waals surface area contributed by atoms with Crippen LogP contribution < -0.4 is 0 Å². The highest BCUT2D eigenvalue weighted by molar-refractivity contribution is 7.99. The average Bonchev–Trinajstić information content (AvgIpc) is 3.02.